The molecular weight excluding hydrogens is 526 g/mol. The molecule has 0 radical (unpaired) electrons. The minimum Gasteiger partial charge on any atom is -0.353 e. The van der Waals surface area contributed by atoms with Crippen LogP contribution in [0, 0.1) is 11.8 Å². The summed E-state index contributed by atoms with van der Waals surface area (Å²) in [6.45, 7) is 12.3. The summed E-state index contributed by atoms with van der Waals surface area (Å²) in [6, 6.07) is 5.38. The SMILES string of the molecule is C=C(CN1CCSCC1)C(=O)CC[C@@H](NC(=O)[C@@H](CC(C)=O)Cc1nc2ccc(Cl)cc2s1)[C@@H](C)CC. The first-order valence-electron chi connectivity index (χ1n) is 13.0. The van der Waals surface area contributed by atoms with Crippen molar-refractivity contribution in [2.75, 3.05) is 31.1 Å². The van der Waals surface area contributed by atoms with E-state index in [4.69, 9.17) is 11.6 Å². The van der Waals surface area contributed by atoms with Crippen LogP contribution in [-0.2, 0) is 20.8 Å². The van der Waals surface area contributed by atoms with Gasteiger partial charge in [-0.2, -0.15) is 11.8 Å². The van der Waals surface area contributed by atoms with Gasteiger partial charge in [0.05, 0.1) is 21.1 Å². The van der Waals surface area contributed by atoms with E-state index >= 15 is 0 Å². The molecule has 6 nitrogen and oxygen atoms in total. The van der Waals surface area contributed by atoms with E-state index in [1.165, 1.54) is 18.3 Å². The van der Waals surface area contributed by atoms with Gasteiger partial charge in [0.15, 0.2) is 5.78 Å². The van der Waals surface area contributed by atoms with Gasteiger partial charge in [-0.25, -0.2) is 4.98 Å². The second-order valence-corrected chi connectivity index (χ2v) is 12.8. The average Bonchev–Trinajstić information content (AvgIpc) is 3.26. The van der Waals surface area contributed by atoms with Crippen LogP contribution in [0.1, 0.15) is 51.5 Å². The lowest BCUT2D eigenvalue weighted by Gasteiger charge is -2.28. The summed E-state index contributed by atoms with van der Waals surface area (Å²) in [7, 11) is 0. The third-order valence-electron chi connectivity index (χ3n) is 6.97. The molecule has 1 aromatic carbocycles. The molecule has 1 fully saturated rings. The number of Topliss-reactive ketones (excluding diaryl/α,β-unsaturated/α-hetero) is 2. The van der Waals surface area contributed by atoms with Crippen molar-refractivity contribution in [3.63, 3.8) is 0 Å². The van der Waals surface area contributed by atoms with E-state index in [0.717, 1.165) is 46.2 Å². The van der Waals surface area contributed by atoms with Crippen LogP contribution in [-0.4, -0.2) is 64.5 Å². The first-order chi connectivity index (χ1) is 17.7. The van der Waals surface area contributed by atoms with Crippen LogP contribution in [0.3, 0.4) is 0 Å². The number of ketones is 2. The van der Waals surface area contributed by atoms with Crippen molar-refractivity contribution >= 4 is 62.4 Å². The Morgan fingerprint density at radius 3 is 2.65 bits per heavy atom. The number of thiazole rings is 1. The van der Waals surface area contributed by atoms with E-state index in [-0.39, 0.29) is 35.9 Å². The third kappa shape index (κ3) is 9.20. The second kappa shape index (κ2) is 14.4. The van der Waals surface area contributed by atoms with Crippen LogP contribution in [0.15, 0.2) is 30.4 Å². The van der Waals surface area contributed by atoms with E-state index < -0.39 is 5.92 Å². The molecular formula is C28H38ClN3O3S2. The number of nitrogens with one attached hydrogen (secondary N) is 1. The van der Waals surface area contributed by atoms with E-state index in [2.05, 4.69) is 35.6 Å². The minimum absolute atomic E-state index is 0.0352. The number of nitrogens with zero attached hydrogens (tertiary/aromatic N) is 2. The smallest absolute Gasteiger partial charge is 0.224 e. The molecule has 1 amide bonds. The molecule has 2 aromatic rings. The van der Waals surface area contributed by atoms with Crippen LogP contribution >= 0.6 is 34.7 Å². The van der Waals surface area contributed by atoms with E-state index in [1.54, 1.807) is 6.07 Å². The molecule has 37 heavy (non-hydrogen) atoms. The summed E-state index contributed by atoms with van der Waals surface area (Å²) in [4.78, 5) is 45.2. The molecule has 2 heterocycles. The number of carbonyl (C=O) groups is 3. The second-order valence-electron chi connectivity index (χ2n) is 9.98. The maximum absolute atomic E-state index is 13.4. The van der Waals surface area contributed by atoms with Crippen molar-refractivity contribution in [2.24, 2.45) is 11.8 Å². The molecule has 0 aliphatic carbocycles. The summed E-state index contributed by atoms with van der Waals surface area (Å²) >= 11 is 9.55. The van der Waals surface area contributed by atoms with Gasteiger partial charge >= 0.3 is 0 Å². The number of benzene rings is 1. The fourth-order valence-corrected chi connectivity index (χ4v) is 6.82. The Labute approximate surface area is 233 Å². The highest BCUT2D eigenvalue weighted by molar-refractivity contribution is 7.99. The van der Waals surface area contributed by atoms with Crippen molar-refractivity contribution < 1.29 is 14.4 Å². The van der Waals surface area contributed by atoms with Crippen LogP contribution in [0.4, 0.5) is 0 Å². The first kappa shape index (κ1) is 29.8. The highest BCUT2D eigenvalue weighted by Gasteiger charge is 2.27. The average molecular weight is 564 g/mol. The van der Waals surface area contributed by atoms with Crippen LogP contribution < -0.4 is 5.32 Å². The summed E-state index contributed by atoms with van der Waals surface area (Å²) in [5.74, 6) is 1.75. The number of fused-ring (bicyclic) bond motifs is 1. The minimum atomic E-state index is -0.511. The number of halogens is 1. The molecule has 3 atom stereocenters. The van der Waals surface area contributed by atoms with Crippen molar-refractivity contribution in [2.45, 2.75) is 58.9 Å². The number of amides is 1. The molecule has 1 aliphatic rings. The highest BCUT2D eigenvalue weighted by atomic mass is 35.5. The van der Waals surface area contributed by atoms with Crippen LogP contribution in [0.5, 0.6) is 0 Å². The van der Waals surface area contributed by atoms with Gasteiger partial charge < -0.3 is 10.1 Å². The zero-order valence-corrected chi connectivity index (χ0v) is 24.4. The quantitative estimate of drug-likeness (QED) is 0.303. The van der Waals surface area contributed by atoms with Crippen molar-refractivity contribution in [1.29, 1.82) is 0 Å². The standard InChI is InChI=1S/C28H38ClN3O3S2/c1-5-18(2)23(8-9-25(34)19(3)17-32-10-12-36-13-11-32)31-28(35)21(14-20(4)33)15-27-30-24-7-6-22(29)16-26(24)37-27/h6-7,16,18,21,23H,3,5,8-15,17H2,1-2,4H3,(H,31,35)/t18-,21-,23+/m0/s1. The van der Waals surface area contributed by atoms with Gasteiger partial charge in [-0.15, -0.1) is 11.3 Å². The monoisotopic (exact) mass is 563 g/mol. The highest BCUT2D eigenvalue weighted by Crippen LogP contribution is 2.28. The van der Waals surface area contributed by atoms with Gasteiger partial charge in [-0.1, -0.05) is 38.4 Å². The topological polar surface area (TPSA) is 79.4 Å². The van der Waals surface area contributed by atoms with Crippen molar-refractivity contribution in [3.8, 4) is 0 Å². The Balaban J connectivity index is 1.63. The molecule has 1 N–H and O–H groups in total. The maximum atomic E-state index is 13.4. The van der Waals surface area contributed by atoms with Crippen LogP contribution in [0.2, 0.25) is 5.02 Å². The first-order valence-corrected chi connectivity index (χ1v) is 15.4. The lowest BCUT2D eigenvalue weighted by atomic mass is 9.91. The summed E-state index contributed by atoms with van der Waals surface area (Å²) in [5.41, 5.74) is 1.48. The van der Waals surface area contributed by atoms with Gasteiger partial charge in [0, 0.05) is 67.0 Å². The summed E-state index contributed by atoms with van der Waals surface area (Å²) in [6.07, 6.45) is 2.33. The van der Waals surface area contributed by atoms with Gasteiger partial charge in [0.2, 0.25) is 5.91 Å². The molecule has 0 bridgehead atoms. The number of rotatable bonds is 14. The Bertz CT molecular complexity index is 1110. The van der Waals surface area contributed by atoms with Crippen molar-refractivity contribution in [1.82, 2.24) is 15.2 Å². The molecule has 0 unspecified atom stereocenters. The van der Waals surface area contributed by atoms with Gasteiger partial charge in [0.25, 0.3) is 0 Å². The maximum Gasteiger partial charge on any atom is 0.224 e. The Morgan fingerprint density at radius 1 is 1.24 bits per heavy atom. The fraction of sp³-hybridized carbons (Fsp3) is 0.571. The Morgan fingerprint density at radius 2 is 1.97 bits per heavy atom. The number of hydrogen-bond acceptors (Lipinski definition) is 7. The molecule has 9 heteroatoms. The zero-order chi connectivity index (χ0) is 26.9. The Hall–Kier alpha value is -1.74. The molecule has 1 aliphatic heterocycles. The predicted octanol–water partition coefficient (Wildman–Crippen LogP) is 5.57. The number of thioether (sulfide) groups is 1. The van der Waals surface area contributed by atoms with Crippen molar-refractivity contribution in [3.05, 3.63) is 40.4 Å². The molecule has 0 spiro atoms. The van der Waals surface area contributed by atoms with E-state index in [1.807, 2.05) is 23.9 Å². The lowest BCUT2D eigenvalue weighted by Crippen LogP contribution is -2.43. The van der Waals surface area contributed by atoms with E-state index in [0.29, 0.717) is 36.4 Å². The Kier molecular flexibility index (Phi) is 11.6. The predicted molar refractivity (Wildman–Crippen MR) is 156 cm³/mol. The van der Waals surface area contributed by atoms with Gasteiger partial charge in [-0.3, -0.25) is 14.5 Å². The number of carbonyl (C=O) groups excluding carboxylic acids is 3. The number of hydrogen-bond donors (Lipinski definition) is 1. The molecule has 3 rings (SSSR count). The van der Waals surface area contributed by atoms with Gasteiger partial charge in [0.1, 0.15) is 5.78 Å². The van der Waals surface area contributed by atoms with Crippen LogP contribution in [0.25, 0.3) is 10.2 Å². The van der Waals surface area contributed by atoms with E-state index in [9.17, 15) is 14.4 Å². The summed E-state index contributed by atoms with van der Waals surface area (Å²) in [5, 5.41) is 4.63. The molecule has 1 saturated heterocycles. The largest absolute Gasteiger partial charge is 0.353 e. The lowest BCUT2D eigenvalue weighted by molar-refractivity contribution is -0.129. The molecule has 202 valence electrons. The third-order valence-corrected chi connectivity index (χ3v) is 9.19. The molecule has 0 saturated carbocycles. The molecule has 1 aromatic heterocycles. The normalized spacial score (nSPS) is 16.8. The summed E-state index contributed by atoms with van der Waals surface area (Å²) < 4.78 is 0.962. The zero-order valence-electron chi connectivity index (χ0n) is 22.1. The fourth-order valence-electron chi connectivity index (χ4n) is 4.51. The number of aromatic nitrogens is 1. The van der Waals surface area contributed by atoms with Gasteiger partial charge in [-0.05, 0) is 37.5 Å².